The third kappa shape index (κ3) is 1.19. The van der Waals surface area contributed by atoms with Gasteiger partial charge in [0.2, 0.25) is 0 Å². The van der Waals surface area contributed by atoms with Gasteiger partial charge in [-0.15, -0.1) is 11.3 Å². The molecule has 0 radical (unpaired) electrons. The molecule has 0 fully saturated rings. The lowest BCUT2D eigenvalue weighted by Gasteiger charge is -2.02. The van der Waals surface area contributed by atoms with E-state index in [0.717, 1.165) is 15.1 Å². The Hall–Kier alpha value is -1.73. The number of nitrogens with zero attached hydrogens (tertiary/aromatic N) is 1. The SMILES string of the molecule is COc1c(C#N)ccc2cc(N)sc12. The van der Waals surface area contributed by atoms with Crippen molar-refractivity contribution in [2.75, 3.05) is 12.8 Å². The van der Waals surface area contributed by atoms with Crippen LogP contribution in [-0.4, -0.2) is 7.11 Å². The number of hydrogen-bond acceptors (Lipinski definition) is 4. The fourth-order valence-electron chi connectivity index (χ4n) is 1.39. The molecule has 70 valence electrons. The molecule has 0 atom stereocenters. The van der Waals surface area contributed by atoms with Crippen LogP contribution in [-0.2, 0) is 0 Å². The summed E-state index contributed by atoms with van der Waals surface area (Å²) >= 11 is 1.43. The summed E-state index contributed by atoms with van der Waals surface area (Å²) < 4.78 is 6.13. The van der Waals surface area contributed by atoms with Crippen LogP contribution in [0.2, 0.25) is 0 Å². The summed E-state index contributed by atoms with van der Waals surface area (Å²) in [6.07, 6.45) is 0. The van der Waals surface area contributed by atoms with Gasteiger partial charge in [-0.1, -0.05) is 6.07 Å². The second-order valence-corrected chi connectivity index (χ2v) is 3.91. The van der Waals surface area contributed by atoms with Crippen molar-refractivity contribution in [3.8, 4) is 11.8 Å². The van der Waals surface area contributed by atoms with Gasteiger partial charge in [-0.05, 0) is 17.5 Å². The van der Waals surface area contributed by atoms with Crippen molar-refractivity contribution in [1.82, 2.24) is 0 Å². The van der Waals surface area contributed by atoms with Crippen molar-refractivity contribution in [1.29, 1.82) is 5.26 Å². The highest BCUT2D eigenvalue weighted by molar-refractivity contribution is 7.23. The quantitative estimate of drug-likeness (QED) is 0.775. The van der Waals surface area contributed by atoms with Crippen LogP contribution in [0, 0.1) is 11.3 Å². The number of thiophene rings is 1. The second kappa shape index (κ2) is 3.20. The lowest BCUT2D eigenvalue weighted by atomic mass is 10.1. The maximum atomic E-state index is 8.86. The van der Waals surface area contributed by atoms with Crippen LogP contribution < -0.4 is 10.5 Å². The average molecular weight is 204 g/mol. The van der Waals surface area contributed by atoms with Gasteiger partial charge in [-0.25, -0.2) is 0 Å². The van der Waals surface area contributed by atoms with Gasteiger partial charge in [0.15, 0.2) is 5.75 Å². The molecule has 0 saturated carbocycles. The molecule has 2 N–H and O–H groups in total. The smallest absolute Gasteiger partial charge is 0.154 e. The predicted octanol–water partition coefficient (Wildman–Crippen LogP) is 2.36. The minimum Gasteiger partial charge on any atom is -0.494 e. The molecule has 1 heterocycles. The number of nitrogen functional groups attached to an aromatic ring is 1. The van der Waals surface area contributed by atoms with Gasteiger partial charge in [0.25, 0.3) is 0 Å². The van der Waals surface area contributed by atoms with Gasteiger partial charge in [0, 0.05) is 0 Å². The van der Waals surface area contributed by atoms with Crippen molar-refractivity contribution >= 4 is 26.4 Å². The van der Waals surface area contributed by atoms with Gasteiger partial charge >= 0.3 is 0 Å². The number of nitrogens with two attached hydrogens (primary N) is 1. The Morgan fingerprint density at radius 3 is 2.93 bits per heavy atom. The maximum Gasteiger partial charge on any atom is 0.154 e. The molecule has 1 aromatic heterocycles. The van der Waals surface area contributed by atoms with Gasteiger partial charge in [-0.2, -0.15) is 5.26 Å². The van der Waals surface area contributed by atoms with Crippen LogP contribution in [0.25, 0.3) is 10.1 Å². The van der Waals surface area contributed by atoms with Crippen molar-refractivity contribution in [3.05, 3.63) is 23.8 Å². The van der Waals surface area contributed by atoms with E-state index in [1.54, 1.807) is 13.2 Å². The molecule has 2 aromatic rings. The standard InChI is InChI=1S/C10H8N2OS/c1-13-9-7(5-11)3-2-6-4-8(12)14-10(6)9/h2-4H,12H2,1H3. The van der Waals surface area contributed by atoms with Crippen molar-refractivity contribution in [2.45, 2.75) is 0 Å². The summed E-state index contributed by atoms with van der Waals surface area (Å²) in [6, 6.07) is 7.59. The van der Waals surface area contributed by atoms with Crippen LogP contribution in [0.3, 0.4) is 0 Å². The highest BCUT2D eigenvalue weighted by atomic mass is 32.1. The summed E-state index contributed by atoms with van der Waals surface area (Å²) in [4.78, 5) is 0. The maximum absolute atomic E-state index is 8.86. The van der Waals surface area contributed by atoms with E-state index in [2.05, 4.69) is 6.07 Å². The zero-order valence-electron chi connectivity index (χ0n) is 7.57. The van der Waals surface area contributed by atoms with E-state index in [1.165, 1.54) is 11.3 Å². The molecule has 0 aliphatic rings. The van der Waals surface area contributed by atoms with E-state index in [-0.39, 0.29) is 0 Å². The van der Waals surface area contributed by atoms with E-state index >= 15 is 0 Å². The number of fused-ring (bicyclic) bond motifs is 1. The Morgan fingerprint density at radius 1 is 1.50 bits per heavy atom. The van der Waals surface area contributed by atoms with E-state index in [0.29, 0.717) is 11.3 Å². The zero-order valence-corrected chi connectivity index (χ0v) is 8.39. The zero-order chi connectivity index (χ0) is 10.1. The number of hydrogen-bond donors (Lipinski definition) is 1. The first-order valence-corrected chi connectivity index (χ1v) is 4.84. The Labute approximate surface area is 85.3 Å². The first kappa shape index (κ1) is 8.85. The number of anilines is 1. The molecule has 0 unspecified atom stereocenters. The molecule has 14 heavy (non-hydrogen) atoms. The molecule has 4 heteroatoms. The largest absolute Gasteiger partial charge is 0.494 e. The molecule has 0 saturated heterocycles. The topological polar surface area (TPSA) is 59.0 Å². The minimum absolute atomic E-state index is 0.543. The number of benzene rings is 1. The molecular weight excluding hydrogens is 196 g/mol. The summed E-state index contributed by atoms with van der Waals surface area (Å²) in [5.74, 6) is 0.617. The molecular formula is C10H8N2OS. The van der Waals surface area contributed by atoms with E-state index in [9.17, 15) is 0 Å². The van der Waals surface area contributed by atoms with Crippen LogP contribution >= 0.6 is 11.3 Å². The minimum atomic E-state index is 0.543. The molecule has 0 bridgehead atoms. The van der Waals surface area contributed by atoms with Gasteiger partial charge in [0.1, 0.15) is 6.07 Å². The second-order valence-electron chi connectivity index (χ2n) is 2.83. The molecule has 3 nitrogen and oxygen atoms in total. The van der Waals surface area contributed by atoms with E-state index < -0.39 is 0 Å². The number of nitriles is 1. The fourth-order valence-corrected chi connectivity index (χ4v) is 2.34. The van der Waals surface area contributed by atoms with Gasteiger partial charge < -0.3 is 10.5 Å². The normalized spacial score (nSPS) is 10.0. The Bertz CT molecular complexity index is 525. The van der Waals surface area contributed by atoms with Crippen molar-refractivity contribution in [2.24, 2.45) is 0 Å². The highest BCUT2D eigenvalue weighted by Crippen LogP contribution is 2.36. The summed E-state index contributed by atoms with van der Waals surface area (Å²) in [5, 5.41) is 10.6. The third-order valence-corrected chi connectivity index (χ3v) is 2.96. The molecule has 2 rings (SSSR count). The predicted molar refractivity (Wildman–Crippen MR) is 57.5 cm³/mol. The molecule has 0 spiro atoms. The van der Waals surface area contributed by atoms with Crippen LogP contribution in [0.15, 0.2) is 18.2 Å². The number of methoxy groups -OCH3 is 1. The van der Waals surface area contributed by atoms with E-state index in [4.69, 9.17) is 15.7 Å². The lowest BCUT2D eigenvalue weighted by molar-refractivity contribution is 0.419. The number of ether oxygens (including phenoxy) is 1. The number of rotatable bonds is 1. The van der Waals surface area contributed by atoms with Crippen LogP contribution in [0.4, 0.5) is 5.00 Å². The van der Waals surface area contributed by atoms with Crippen molar-refractivity contribution in [3.63, 3.8) is 0 Å². The Balaban J connectivity index is 2.84. The highest BCUT2D eigenvalue weighted by Gasteiger charge is 2.10. The van der Waals surface area contributed by atoms with Gasteiger partial charge in [0.05, 0.1) is 22.4 Å². The van der Waals surface area contributed by atoms with Gasteiger partial charge in [-0.3, -0.25) is 0 Å². The van der Waals surface area contributed by atoms with E-state index in [1.807, 2.05) is 12.1 Å². The average Bonchev–Trinajstić information content (AvgIpc) is 2.56. The van der Waals surface area contributed by atoms with Crippen molar-refractivity contribution < 1.29 is 4.74 Å². The van der Waals surface area contributed by atoms with Crippen LogP contribution in [0.5, 0.6) is 5.75 Å². The summed E-state index contributed by atoms with van der Waals surface area (Å²) in [5.41, 5.74) is 6.23. The molecule has 0 aliphatic carbocycles. The Kier molecular flexibility index (Phi) is 2.02. The molecule has 1 aromatic carbocycles. The molecule has 0 aliphatic heterocycles. The van der Waals surface area contributed by atoms with Crippen LogP contribution in [0.1, 0.15) is 5.56 Å². The first-order valence-electron chi connectivity index (χ1n) is 4.02. The first-order chi connectivity index (χ1) is 6.76. The lowest BCUT2D eigenvalue weighted by Crippen LogP contribution is -1.86. The summed E-state index contributed by atoms with van der Waals surface area (Å²) in [7, 11) is 1.56. The summed E-state index contributed by atoms with van der Waals surface area (Å²) in [6.45, 7) is 0. The Morgan fingerprint density at radius 2 is 2.29 bits per heavy atom. The molecule has 0 amide bonds. The fraction of sp³-hybridized carbons (Fsp3) is 0.100. The monoisotopic (exact) mass is 204 g/mol. The third-order valence-electron chi connectivity index (χ3n) is 1.98.